The van der Waals surface area contributed by atoms with Crippen LogP contribution in [0.4, 0.5) is 0 Å². The van der Waals surface area contributed by atoms with Crippen molar-refractivity contribution in [3.8, 4) is 0 Å². The minimum Gasteiger partial charge on any atom is -0.394 e. The number of aliphatic hydroxyl groups is 1. The number of rotatable bonds is 8. The third kappa shape index (κ3) is 5.03. The number of amides is 1. The molecule has 1 aromatic carbocycles. The van der Waals surface area contributed by atoms with E-state index in [1.807, 2.05) is 37.3 Å². The Kier molecular flexibility index (Phi) is 7.19. The lowest BCUT2D eigenvalue weighted by Crippen LogP contribution is -2.35. The molecular formula is C16H25NO2. The van der Waals surface area contributed by atoms with E-state index in [9.17, 15) is 9.90 Å². The summed E-state index contributed by atoms with van der Waals surface area (Å²) < 4.78 is 0. The Morgan fingerprint density at radius 3 is 2.47 bits per heavy atom. The maximum atomic E-state index is 12.2. The summed E-state index contributed by atoms with van der Waals surface area (Å²) in [6.07, 6.45) is 3.94. The summed E-state index contributed by atoms with van der Waals surface area (Å²) in [5, 5.41) is 12.4. The Hall–Kier alpha value is -1.35. The smallest absolute Gasteiger partial charge is 0.223 e. The molecule has 3 heteroatoms. The summed E-state index contributed by atoms with van der Waals surface area (Å²) in [5.74, 6) is 0.108. The average Bonchev–Trinajstić information content (AvgIpc) is 2.46. The molecule has 1 unspecified atom stereocenters. The van der Waals surface area contributed by atoms with Crippen molar-refractivity contribution in [1.82, 2.24) is 5.32 Å². The van der Waals surface area contributed by atoms with Gasteiger partial charge in [-0.3, -0.25) is 4.79 Å². The van der Waals surface area contributed by atoms with Crippen LogP contribution in [-0.2, 0) is 4.79 Å². The maximum absolute atomic E-state index is 12.2. The van der Waals surface area contributed by atoms with Gasteiger partial charge in [0, 0.05) is 5.92 Å². The van der Waals surface area contributed by atoms with Gasteiger partial charge in [0.2, 0.25) is 5.91 Å². The molecule has 2 atom stereocenters. The Morgan fingerprint density at radius 1 is 1.26 bits per heavy atom. The highest BCUT2D eigenvalue weighted by atomic mass is 16.3. The van der Waals surface area contributed by atoms with Gasteiger partial charge >= 0.3 is 0 Å². The molecule has 1 aromatic rings. The van der Waals surface area contributed by atoms with Gasteiger partial charge in [0.1, 0.15) is 0 Å². The van der Waals surface area contributed by atoms with E-state index in [-0.39, 0.29) is 24.5 Å². The molecular weight excluding hydrogens is 238 g/mol. The first-order valence-corrected chi connectivity index (χ1v) is 7.19. The molecule has 0 spiro atoms. The fraction of sp³-hybridized carbons (Fsp3) is 0.562. The zero-order chi connectivity index (χ0) is 14.1. The molecule has 0 saturated carbocycles. The normalized spacial score (nSPS) is 13.8. The van der Waals surface area contributed by atoms with E-state index in [0.29, 0.717) is 0 Å². The lowest BCUT2D eigenvalue weighted by Gasteiger charge is -2.21. The van der Waals surface area contributed by atoms with Crippen LogP contribution in [0.25, 0.3) is 0 Å². The zero-order valence-electron chi connectivity index (χ0n) is 11.9. The molecule has 0 heterocycles. The zero-order valence-corrected chi connectivity index (χ0v) is 11.9. The van der Waals surface area contributed by atoms with Crippen LogP contribution in [0.15, 0.2) is 30.3 Å². The minimum atomic E-state index is -0.302. The average molecular weight is 263 g/mol. The number of hydrogen-bond acceptors (Lipinski definition) is 2. The molecule has 1 amide bonds. The first-order chi connectivity index (χ1) is 9.22. The van der Waals surface area contributed by atoms with Crippen LogP contribution in [0.5, 0.6) is 0 Å². The molecule has 19 heavy (non-hydrogen) atoms. The topological polar surface area (TPSA) is 49.3 Å². The molecule has 2 N–H and O–H groups in total. The fourth-order valence-electron chi connectivity index (χ4n) is 2.18. The second-order valence-electron chi connectivity index (χ2n) is 4.90. The molecule has 0 bridgehead atoms. The van der Waals surface area contributed by atoms with Crippen LogP contribution in [0.1, 0.15) is 51.1 Å². The van der Waals surface area contributed by atoms with Crippen molar-refractivity contribution < 1.29 is 9.90 Å². The lowest BCUT2D eigenvalue weighted by molar-refractivity contribution is -0.126. The summed E-state index contributed by atoms with van der Waals surface area (Å²) in [6.45, 7) is 4.10. The van der Waals surface area contributed by atoms with E-state index in [1.165, 1.54) is 0 Å². The summed E-state index contributed by atoms with van der Waals surface area (Å²) in [7, 11) is 0. The lowest BCUT2D eigenvalue weighted by atomic mass is 9.97. The van der Waals surface area contributed by atoms with E-state index < -0.39 is 0 Å². The number of carbonyl (C=O) groups is 1. The van der Waals surface area contributed by atoms with Gasteiger partial charge in [-0.1, -0.05) is 57.0 Å². The van der Waals surface area contributed by atoms with Crippen molar-refractivity contribution >= 4 is 5.91 Å². The van der Waals surface area contributed by atoms with Crippen LogP contribution >= 0.6 is 0 Å². The van der Waals surface area contributed by atoms with E-state index in [0.717, 1.165) is 31.2 Å². The number of hydrogen-bond donors (Lipinski definition) is 2. The van der Waals surface area contributed by atoms with Crippen molar-refractivity contribution in [2.24, 2.45) is 5.92 Å². The first kappa shape index (κ1) is 15.7. The summed E-state index contributed by atoms with van der Waals surface area (Å²) in [4.78, 5) is 12.2. The Balaban J connectivity index is 2.62. The number of unbranched alkanes of at least 4 members (excludes halogenated alkanes) is 1. The van der Waals surface area contributed by atoms with Crippen LogP contribution in [0.2, 0.25) is 0 Å². The quantitative estimate of drug-likeness (QED) is 0.757. The van der Waals surface area contributed by atoms with Crippen molar-refractivity contribution in [2.45, 2.75) is 45.6 Å². The predicted octanol–water partition coefficient (Wildman–Crippen LogP) is 3.05. The maximum Gasteiger partial charge on any atom is 0.223 e. The number of aliphatic hydroxyl groups excluding tert-OH is 1. The second kappa shape index (κ2) is 8.70. The van der Waals surface area contributed by atoms with Crippen LogP contribution in [-0.4, -0.2) is 17.6 Å². The van der Waals surface area contributed by atoms with E-state index in [4.69, 9.17) is 0 Å². The minimum absolute atomic E-state index is 0.0534. The highest BCUT2D eigenvalue weighted by molar-refractivity contribution is 5.79. The Labute approximate surface area is 116 Å². The molecule has 3 nitrogen and oxygen atoms in total. The first-order valence-electron chi connectivity index (χ1n) is 7.19. The van der Waals surface area contributed by atoms with Gasteiger partial charge in [-0.15, -0.1) is 0 Å². The van der Waals surface area contributed by atoms with Crippen LogP contribution in [0, 0.1) is 5.92 Å². The number of benzene rings is 1. The Bertz CT molecular complexity index is 364. The van der Waals surface area contributed by atoms with E-state index >= 15 is 0 Å². The Morgan fingerprint density at radius 2 is 1.95 bits per heavy atom. The van der Waals surface area contributed by atoms with Gasteiger partial charge in [0.15, 0.2) is 0 Å². The molecule has 0 aromatic heterocycles. The monoisotopic (exact) mass is 263 g/mol. The molecule has 0 aliphatic heterocycles. The number of nitrogens with one attached hydrogen (secondary N) is 1. The summed E-state index contributed by atoms with van der Waals surface area (Å²) in [5.41, 5.74) is 0.948. The van der Waals surface area contributed by atoms with Gasteiger partial charge in [-0.05, 0) is 18.4 Å². The van der Waals surface area contributed by atoms with Gasteiger partial charge < -0.3 is 10.4 Å². The van der Waals surface area contributed by atoms with Crippen LogP contribution in [0.3, 0.4) is 0 Å². The van der Waals surface area contributed by atoms with Gasteiger partial charge in [-0.25, -0.2) is 0 Å². The third-order valence-corrected chi connectivity index (χ3v) is 3.47. The molecule has 0 radical (unpaired) electrons. The second-order valence-corrected chi connectivity index (χ2v) is 4.90. The standard InChI is InChI=1S/C16H25NO2/c1-3-5-9-13(4-2)16(19)17-15(12-18)14-10-7-6-8-11-14/h6-8,10-11,13,15,18H,3-5,9,12H2,1-2H3,(H,17,19)/t13?,15-/m0/s1. The largest absolute Gasteiger partial charge is 0.394 e. The van der Waals surface area contributed by atoms with Gasteiger partial charge in [0.05, 0.1) is 12.6 Å². The van der Waals surface area contributed by atoms with Crippen molar-refractivity contribution in [3.05, 3.63) is 35.9 Å². The molecule has 106 valence electrons. The van der Waals surface area contributed by atoms with Gasteiger partial charge in [0.25, 0.3) is 0 Å². The van der Waals surface area contributed by atoms with E-state index in [1.54, 1.807) is 0 Å². The molecule has 0 aliphatic carbocycles. The molecule has 1 rings (SSSR count). The fourth-order valence-corrected chi connectivity index (χ4v) is 2.18. The predicted molar refractivity (Wildman–Crippen MR) is 77.7 cm³/mol. The molecule has 0 fully saturated rings. The highest BCUT2D eigenvalue weighted by Gasteiger charge is 2.20. The van der Waals surface area contributed by atoms with Crippen LogP contribution < -0.4 is 5.32 Å². The van der Waals surface area contributed by atoms with E-state index in [2.05, 4.69) is 12.2 Å². The summed E-state index contributed by atoms with van der Waals surface area (Å²) >= 11 is 0. The van der Waals surface area contributed by atoms with Gasteiger partial charge in [-0.2, -0.15) is 0 Å². The highest BCUT2D eigenvalue weighted by Crippen LogP contribution is 2.16. The summed E-state index contributed by atoms with van der Waals surface area (Å²) in [6, 6.07) is 9.30. The molecule has 0 saturated heterocycles. The van der Waals surface area contributed by atoms with Crippen molar-refractivity contribution in [2.75, 3.05) is 6.61 Å². The number of carbonyl (C=O) groups excluding carboxylic acids is 1. The molecule has 0 aliphatic rings. The SMILES string of the molecule is CCCCC(CC)C(=O)N[C@@H](CO)c1ccccc1. The van der Waals surface area contributed by atoms with Crippen molar-refractivity contribution in [3.63, 3.8) is 0 Å². The third-order valence-electron chi connectivity index (χ3n) is 3.47. The van der Waals surface area contributed by atoms with Crippen molar-refractivity contribution in [1.29, 1.82) is 0 Å².